The molecule has 3 rings (SSSR count). The average Bonchev–Trinajstić information content (AvgIpc) is 2.65. The molecule has 0 unspecified atom stereocenters. The van der Waals surface area contributed by atoms with Gasteiger partial charge in [0, 0.05) is 26.0 Å². The summed E-state index contributed by atoms with van der Waals surface area (Å²) < 4.78 is 3.14. The van der Waals surface area contributed by atoms with Crippen molar-refractivity contribution >= 4 is 49.2 Å². The van der Waals surface area contributed by atoms with Gasteiger partial charge >= 0.3 is 0 Å². The van der Waals surface area contributed by atoms with E-state index in [9.17, 15) is 14.4 Å². The minimum atomic E-state index is -0.451. The first-order chi connectivity index (χ1) is 13.3. The molecule has 1 N–H and O–H groups in total. The summed E-state index contributed by atoms with van der Waals surface area (Å²) in [7, 11) is 0. The number of hydrogen-bond acceptors (Lipinski definition) is 3. The first kappa shape index (κ1) is 20.2. The molecular formula is C21H16Br2N2O3. The number of anilines is 1. The van der Waals surface area contributed by atoms with E-state index >= 15 is 0 Å². The molecule has 7 heteroatoms. The summed E-state index contributed by atoms with van der Waals surface area (Å²) in [5.74, 6) is -0.790. The number of nitrogens with one attached hydrogen (secondary N) is 1. The van der Waals surface area contributed by atoms with Crippen LogP contribution in [0.4, 0.5) is 5.69 Å². The van der Waals surface area contributed by atoms with Crippen molar-refractivity contribution in [2.75, 3.05) is 5.32 Å². The number of ketones is 1. The van der Waals surface area contributed by atoms with Gasteiger partial charge in [0.05, 0.1) is 11.1 Å². The third-order valence-electron chi connectivity index (χ3n) is 4.26. The van der Waals surface area contributed by atoms with E-state index in [-0.39, 0.29) is 11.1 Å². The minimum absolute atomic E-state index is 0.0329. The number of rotatable bonds is 4. The summed E-state index contributed by atoms with van der Waals surface area (Å²) >= 11 is 6.71. The molecule has 0 aliphatic heterocycles. The highest BCUT2D eigenvalue weighted by atomic mass is 79.9. The van der Waals surface area contributed by atoms with Crippen molar-refractivity contribution in [1.82, 2.24) is 4.57 Å². The van der Waals surface area contributed by atoms with Gasteiger partial charge in [0.2, 0.25) is 0 Å². The fraction of sp³-hybridized carbons (Fsp3) is 0.0952. The van der Waals surface area contributed by atoms with E-state index in [1.54, 1.807) is 43.3 Å². The van der Waals surface area contributed by atoms with Gasteiger partial charge in [-0.05, 0) is 68.4 Å². The number of benzene rings is 2. The van der Waals surface area contributed by atoms with Gasteiger partial charge in [-0.25, -0.2) is 0 Å². The maximum Gasteiger partial charge on any atom is 0.266 e. The molecule has 0 fully saturated rings. The maximum absolute atomic E-state index is 12.9. The number of hydrogen-bond donors (Lipinski definition) is 1. The van der Waals surface area contributed by atoms with Crippen molar-refractivity contribution in [2.24, 2.45) is 0 Å². The summed E-state index contributed by atoms with van der Waals surface area (Å²) in [5.41, 5.74) is 1.41. The van der Waals surface area contributed by atoms with E-state index in [2.05, 4.69) is 37.2 Å². The number of aromatic nitrogens is 1. The number of nitrogens with zero attached hydrogens (tertiary/aromatic N) is 1. The number of halogens is 2. The lowest BCUT2D eigenvalue weighted by Crippen LogP contribution is -2.29. The van der Waals surface area contributed by atoms with Crippen LogP contribution in [0.1, 0.15) is 33.3 Å². The molecule has 0 saturated heterocycles. The Hall–Kier alpha value is -2.51. The summed E-state index contributed by atoms with van der Waals surface area (Å²) in [6, 6.07) is 15.6. The van der Waals surface area contributed by atoms with Gasteiger partial charge in [0.15, 0.2) is 5.78 Å². The highest BCUT2D eigenvalue weighted by molar-refractivity contribution is 9.10. The van der Waals surface area contributed by atoms with Crippen molar-refractivity contribution in [2.45, 2.75) is 13.8 Å². The number of carbonyl (C=O) groups excluding carboxylic acids is 2. The molecule has 1 aromatic heterocycles. The smallest absolute Gasteiger partial charge is 0.266 e. The number of pyridine rings is 1. The average molecular weight is 504 g/mol. The zero-order chi connectivity index (χ0) is 20.4. The Bertz CT molecular complexity index is 1120. The van der Waals surface area contributed by atoms with Gasteiger partial charge in [-0.1, -0.05) is 31.9 Å². The first-order valence-electron chi connectivity index (χ1n) is 8.38. The Morgan fingerprint density at radius 3 is 1.96 bits per heavy atom. The van der Waals surface area contributed by atoms with Crippen molar-refractivity contribution in [3.8, 4) is 5.69 Å². The van der Waals surface area contributed by atoms with E-state index < -0.39 is 17.2 Å². The third-order valence-corrected chi connectivity index (χ3v) is 5.32. The SMILES string of the molecule is CC(=O)c1cc(C(=O)Nc2ccc(Br)cc2)c(C)n(-c2ccc(Br)cc2)c1=O. The predicted molar refractivity (Wildman–Crippen MR) is 117 cm³/mol. The second-order valence-corrected chi connectivity index (χ2v) is 8.02. The highest BCUT2D eigenvalue weighted by Gasteiger charge is 2.20. The van der Waals surface area contributed by atoms with Gasteiger partial charge < -0.3 is 5.32 Å². The van der Waals surface area contributed by atoms with Crippen LogP contribution in [0.25, 0.3) is 5.69 Å². The monoisotopic (exact) mass is 502 g/mol. The third kappa shape index (κ3) is 4.15. The summed E-state index contributed by atoms with van der Waals surface area (Å²) in [6.07, 6.45) is 0. The van der Waals surface area contributed by atoms with Crippen LogP contribution in [0.5, 0.6) is 0 Å². The normalized spacial score (nSPS) is 10.6. The van der Waals surface area contributed by atoms with E-state index in [1.807, 2.05) is 12.1 Å². The van der Waals surface area contributed by atoms with Crippen LogP contribution in [0.3, 0.4) is 0 Å². The standard InChI is InChI=1S/C21H16Br2N2O3/c1-12-18(20(27)24-16-7-3-14(22)4-8-16)11-19(13(2)26)21(28)25(12)17-9-5-15(23)6-10-17/h3-11H,1-2H3,(H,24,27). The number of amides is 1. The van der Waals surface area contributed by atoms with Crippen molar-refractivity contribution < 1.29 is 9.59 Å². The van der Waals surface area contributed by atoms with Crippen LogP contribution in [0.15, 0.2) is 68.3 Å². The number of Topliss-reactive ketones (excluding diaryl/α,β-unsaturated/α-hetero) is 1. The molecular weight excluding hydrogens is 488 g/mol. The van der Waals surface area contributed by atoms with Crippen LogP contribution < -0.4 is 10.9 Å². The van der Waals surface area contributed by atoms with Gasteiger partial charge in [-0.2, -0.15) is 0 Å². The molecule has 5 nitrogen and oxygen atoms in total. The van der Waals surface area contributed by atoms with Crippen LogP contribution >= 0.6 is 31.9 Å². The molecule has 0 aliphatic carbocycles. The minimum Gasteiger partial charge on any atom is -0.322 e. The summed E-state index contributed by atoms with van der Waals surface area (Å²) in [5, 5.41) is 2.81. The lowest BCUT2D eigenvalue weighted by atomic mass is 10.1. The summed E-state index contributed by atoms with van der Waals surface area (Å²) in [6.45, 7) is 3.00. The second-order valence-electron chi connectivity index (χ2n) is 6.19. The van der Waals surface area contributed by atoms with E-state index in [0.717, 1.165) is 8.95 Å². The van der Waals surface area contributed by atoms with E-state index in [0.29, 0.717) is 17.1 Å². The maximum atomic E-state index is 12.9. The molecule has 1 amide bonds. The topological polar surface area (TPSA) is 68.2 Å². The molecule has 3 aromatic rings. The van der Waals surface area contributed by atoms with E-state index in [4.69, 9.17) is 0 Å². The van der Waals surface area contributed by atoms with Crippen LogP contribution in [-0.4, -0.2) is 16.3 Å². The molecule has 0 radical (unpaired) electrons. The molecule has 142 valence electrons. The van der Waals surface area contributed by atoms with Crippen molar-refractivity contribution in [3.63, 3.8) is 0 Å². The first-order valence-corrected chi connectivity index (χ1v) is 9.97. The quantitative estimate of drug-likeness (QED) is 0.502. The zero-order valence-corrected chi connectivity index (χ0v) is 18.3. The Labute approximate surface area is 178 Å². The second kappa shape index (κ2) is 8.24. The fourth-order valence-electron chi connectivity index (χ4n) is 2.82. The predicted octanol–water partition coefficient (Wildman–Crippen LogP) is 5.13. The molecule has 0 aliphatic rings. The van der Waals surface area contributed by atoms with Crippen LogP contribution in [0.2, 0.25) is 0 Å². The lowest BCUT2D eigenvalue weighted by molar-refractivity contribution is 0.101. The van der Waals surface area contributed by atoms with Gasteiger partial charge in [0.1, 0.15) is 0 Å². The van der Waals surface area contributed by atoms with Crippen LogP contribution in [-0.2, 0) is 0 Å². The largest absolute Gasteiger partial charge is 0.322 e. The van der Waals surface area contributed by atoms with Crippen molar-refractivity contribution in [3.05, 3.63) is 90.7 Å². The molecule has 28 heavy (non-hydrogen) atoms. The fourth-order valence-corrected chi connectivity index (χ4v) is 3.35. The highest BCUT2D eigenvalue weighted by Crippen LogP contribution is 2.19. The Kier molecular flexibility index (Phi) is 5.96. The molecule has 2 aromatic carbocycles. The van der Waals surface area contributed by atoms with Gasteiger partial charge in [-0.3, -0.25) is 19.0 Å². The van der Waals surface area contributed by atoms with Crippen molar-refractivity contribution in [1.29, 1.82) is 0 Å². The van der Waals surface area contributed by atoms with Crippen LogP contribution in [0, 0.1) is 6.92 Å². The molecule has 0 saturated carbocycles. The Balaban J connectivity index is 2.14. The van der Waals surface area contributed by atoms with Gasteiger partial charge in [0.25, 0.3) is 11.5 Å². The van der Waals surface area contributed by atoms with Gasteiger partial charge in [-0.15, -0.1) is 0 Å². The molecule has 0 bridgehead atoms. The summed E-state index contributed by atoms with van der Waals surface area (Å²) in [4.78, 5) is 37.8. The lowest BCUT2D eigenvalue weighted by Gasteiger charge is -2.16. The Morgan fingerprint density at radius 1 is 0.893 bits per heavy atom. The van der Waals surface area contributed by atoms with E-state index in [1.165, 1.54) is 17.6 Å². The zero-order valence-electron chi connectivity index (χ0n) is 15.1. The molecule has 1 heterocycles. The Morgan fingerprint density at radius 2 is 1.43 bits per heavy atom. The molecule has 0 atom stereocenters. The molecule has 0 spiro atoms. The number of carbonyl (C=O) groups is 2.